The van der Waals surface area contributed by atoms with Gasteiger partial charge in [-0.3, -0.25) is 9.36 Å². The molecule has 7 nitrogen and oxygen atoms in total. The maximum absolute atomic E-state index is 13.1. The number of carbonyl (C=O) groups excluding carboxylic acids is 1. The molecule has 1 heterocycles. The van der Waals surface area contributed by atoms with Gasteiger partial charge in [0.2, 0.25) is 0 Å². The molecule has 3 aromatic rings. The number of benzene rings is 2. The first-order valence-electron chi connectivity index (χ1n) is 7.49. The number of imidazole rings is 1. The summed E-state index contributed by atoms with van der Waals surface area (Å²) in [5.41, 5.74) is 1.30. The number of nitrogens with zero attached hydrogens (tertiary/aromatic N) is 1. The van der Waals surface area contributed by atoms with E-state index in [1.165, 1.54) is 16.7 Å². The molecule has 1 aromatic heterocycles. The molecule has 0 bridgehead atoms. The van der Waals surface area contributed by atoms with Crippen molar-refractivity contribution in [3.8, 4) is 5.69 Å². The minimum absolute atomic E-state index is 0.0104. The lowest BCUT2D eigenvalue weighted by atomic mass is 10.2. The monoisotopic (exact) mass is 375 g/mol. The van der Waals surface area contributed by atoms with Crippen LogP contribution in [0.15, 0.2) is 64.4 Å². The van der Waals surface area contributed by atoms with Crippen molar-refractivity contribution in [2.45, 2.75) is 11.8 Å². The molecule has 0 radical (unpaired) electrons. The number of aryl methyl sites for hydroxylation is 1. The molecule has 0 aliphatic heterocycles. The van der Waals surface area contributed by atoms with Gasteiger partial charge in [-0.05, 0) is 43.3 Å². The van der Waals surface area contributed by atoms with Crippen LogP contribution in [0.25, 0.3) is 5.69 Å². The molecule has 3 rings (SSSR count). The molecule has 2 N–H and O–H groups in total. The smallest absolute Gasteiger partial charge is 0.322 e. The molecule has 134 valence electrons. The Morgan fingerprint density at radius 3 is 2.54 bits per heavy atom. The van der Waals surface area contributed by atoms with Crippen molar-refractivity contribution in [3.05, 3.63) is 76.5 Å². The third kappa shape index (κ3) is 3.72. The standard InChI is InChI=1S/C17H14FN3O4S/c1-11-10-21(17(23)19-11)14-6-3-5-13(9-14)20-16(22)12-4-2-7-15(8-12)26(18,24)25/h2-10H,1H3,(H,19,23)(H,20,22). The van der Waals surface area contributed by atoms with Crippen LogP contribution in [0, 0.1) is 6.92 Å². The third-order valence-electron chi connectivity index (χ3n) is 3.61. The van der Waals surface area contributed by atoms with Crippen LogP contribution in [0.2, 0.25) is 0 Å². The van der Waals surface area contributed by atoms with Crippen LogP contribution in [0.5, 0.6) is 0 Å². The fourth-order valence-corrected chi connectivity index (χ4v) is 2.94. The molecule has 1 amide bonds. The number of hydrogen-bond acceptors (Lipinski definition) is 4. The highest BCUT2D eigenvalue weighted by Gasteiger charge is 2.15. The average molecular weight is 375 g/mol. The summed E-state index contributed by atoms with van der Waals surface area (Å²) in [6, 6.07) is 11.2. The van der Waals surface area contributed by atoms with Gasteiger partial charge in [-0.15, -0.1) is 3.89 Å². The zero-order chi connectivity index (χ0) is 18.9. The molecule has 0 aliphatic carbocycles. The quantitative estimate of drug-likeness (QED) is 0.684. The lowest BCUT2D eigenvalue weighted by Crippen LogP contribution is -2.15. The van der Waals surface area contributed by atoms with Gasteiger partial charge in [-0.1, -0.05) is 12.1 Å². The molecule has 26 heavy (non-hydrogen) atoms. The highest BCUT2D eigenvalue weighted by molar-refractivity contribution is 7.86. The maximum Gasteiger partial charge on any atom is 0.332 e. The molecule has 0 atom stereocenters. The van der Waals surface area contributed by atoms with Gasteiger partial charge in [-0.25, -0.2) is 4.79 Å². The fourth-order valence-electron chi connectivity index (χ4n) is 2.43. The van der Waals surface area contributed by atoms with Gasteiger partial charge in [0.15, 0.2) is 0 Å². The van der Waals surface area contributed by atoms with E-state index in [-0.39, 0.29) is 11.3 Å². The maximum atomic E-state index is 13.1. The van der Waals surface area contributed by atoms with Crippen LogP contribution in [-0.4, -0.2) is 23.9 Å². The zero-order valence-electron chi connectivity index (χ0n) is 13.6. The number of H-pyrrole nitrogens is 1. The summed E-state index contributed by atoms with van der Waals surface area (Å²) in [6.07, 6.45) is 1.62. The van der Waals surface area contributed by atoms with Gasteiger partial charge in [0.05, 0.1) is 10.6 Å². The minimum atomic E-state index is -4.90. The molecular weight excluding hydrogens is 361 g/mol. The molecule has 9 heteroatoms. The van der Waals surface area contributed by atoms with Crippen LogP contribution in [0.4, 0.5) is 9.57 Å². The minimum Gasteiger partial charge on any atom is -0.322 e. The van der Waals surface area contributed by atoms with E-state index in [0.29, 0.717) is 17.1 Å². The average Bonchev–Trinajstić information content (AvgIpc) is 2.93. The Morgan fingerprint density at radius 2 is 1.88 bits per heavy atom. The first-order valence-corrected chi connectivity index (χ1v) is 8.87. The molecule has 0 saturated carbocycles. The first kappa shape index (κ1) is 17.6. The van der Waals surface area contributed by atoms with Crippen molar-refractivity contribution < 1.29 is 17.1 Å². The van der Waals surface area contributed by atoms with E-state index in [1.54, 1.807) is 37.4 Å². The van der Waals surface area contributed by atoms with Crippen LogP contribution in [0.1, 0.15) is 16.1 Å². The summed E-state index contributed by atoms with van der Waals surface area (Å²) in [4.78, 5) is 26.2. The van der Waals surface area contributed by atoms with Crippen molar-refractivity contribution in [3.63, 3.8) is 0 Å². The molecule has 0 aliphatic rings. The van der Waals surface area contributed by atoms with Crippen molar-refractivity contribution in [1.29, 1.82) is 0 Å². The van der Waals surface area contributed by atoms with E-state index in [0.717, 1.165) is 12.1 Å². The van der Waals surface area contributed by atoms with Gasteiger partial charge >= 0.3 is 15.9 Å². The predicted molar refractivity (Wildman–Crippen MR) is 93.8 cm³/mol. The van der Waals surface area contributed by atoms with Crippen LogP contribution < -0.4 is 11.0 Å². The second kappa shape index (κ2) is 6.60. The number of anilines is 1. The number of aromatic nitrogens is 2. The Morgan fingerprint density at radius 1 is 1.15 bits per heavy atom. The number of halogens is 1. The highest BCUT2D eigenvalue weighted by Crippen LogP contribution is 2.17. The van der Waals surface area contributed by atoms with E-state index >= 15 is 0 Å². The summed E-state index contributed by atoms with van der Waals surface area (Å²) in [5.74, 6) is -0.606. The number of hydrogen-bond donors (Lipinski definition) is 2. The van der Waals surface area contributed by atoms with Crippen LogP contribution in [0.3, 0.4) is 0 Å². The van der Waals surface area contributed by atoms with Gasteiger partial charge in [0.25, 0.3) is 5.91 Å². The molecule has 0 fully saturated rings. The van der Waals surface area contributed by atoms with Crippen molar-refractivity contribution >= 4 is 21.8 Å². The molecule has 0 unspecified atom stereocenters. The zero-order valence-corrected chi connectivity index (χ0v) is 14.4. The second-order valence-electron chi connectivity index (χ2n) is 5.58. The number of rotatable bonds is 4. The van der Waals surface area contributed by atoms with Crippen molar-refractivity contribution in [1.82, 2.24) is 9.55 Å². The second-order valence-corrected chi connectivity index (χ2v) is 6.93. The Hall–Kier alpha value is -3.20. The Kier molecular flexibility index (Phi) is 4.47. The Labute approximate surface area is 148 Å². The normalized spacial score (nSPS) is 11.3. The number of nitrogens with one attached hydrogen (secondary N) is 2. The van der Waals surface area contributed by atoms with Gasteiger partial charge < -0.3 is 10.3 Å². The predicted octanol–water partition coefficient (Wildman–Crippen LogP) is 2.38. The summed E-state index contributed by atoms with van der Waals surface area (Å²) in [7, 11) is -4.90. The van der Waals surface area contributed by atoms with Gasteiger partial charge in [-0.2, -0.15) is 8.42 Å². The molecule has 2 aromatic carbocycles. The van der Waals surface area contributed by atoms with Crippen LogP contribution in [-0.2, 0) is 10.2 Å². The first-order chi connectivity index (χ1) is 12.2. The molecular formula is C17H14FN3O4S. The van der Waals surface area contributed by atoms with E-state index in [4.69, 9.17) is 0 Å². The third-order valence-corrected chi connectivity index (χ3v) is 4.42. The topological polar surface area (TPSA) is 101 Å². The molecule has 0 spiro atoms. The summed E-state index contributed by atoms with van der Waals surface area (Å²) in [6.45, 7) is 1.75. The van der Waals surface area contributed by atoms with Crippen molar-refractivity contribution in [2.24, 2.45) is 0 Å². The lowest BCUT2D eigenvalue weighted by Gasteiger charge is -2.08. The van der Waals surface area contributed by atoms with Crippen LogP contribution >= 0.6 is 0 Å². The fraction of sp³-hybridized carbons (Fsp3) is 0.0588. The largest absolute Gasteiger partial charge is 0.332 e. The van der Waals surface area contributed by atoms with Crippen molar-refractivity contribution in [2.75, 3.05) is 5.32 Å². The highest BCUT2D eigenvalue weighted by atomic mass is 32.3. The van der Waals surface area contributed by atoms with E-state index in [2.05, 4.69) is 10.3 Å². The van der Waals surface area contributed by atoms with Gasteiger partial charge in [0, 0.05) is 23.1 Å². The summed E-state index contributed by atoms with van der Waals surface area (Å²) < 4.78 is 36.4. The number of amides is 1. The van der Waals surface area contributed by atoms with E-state index < -0.39 is 21.0 Å². The SMILES string of the molecule is Cc1cn(-c2cccc(NC(=O)c3cccc(S(=O)(=O)F)c3)c2)c(=O)[nH]1. The Balaban J connectivity index is 1.88. The number of carbonyl (C=O) groups is 1. The number of aromatic amines is 1. The van der Waals surface area contributed by atoms with E-state index in [1.807, 2.05) is 0 Å². The Bertz CT molecular complexity index is 1150. The van der Waals surface area contributed by atoms with E-state index in [9.17, 15) is 21.9 Å². The summed E-state index contributed by atoms with van der Waals surface area (Å²) >= 11 is 0. The van der Waals surface area contributed by atoms with Gasteiger partial charge in [0.1, 0.15) is 0 Å². The molecule has 0 saturated heterocycles. The lowest BCUT2D eigenvalue weighted by molar-refractivity contribution is 0.102. The summed E-state index contributed by atoms with van der Waals surface area (Å²) in [5, 5.41) is 2.59.